The van der Waals surface area contributed by atoms with Crippen LogP contribution < -0.4 is 19.5 Å². The maximum atomic E-state index is 14.3. The van der Waals surface area contributed by atoms with E-state index in [4.69, 9.17) is 9.84 Å². The fourth-order valence-corrected chi connectivity index (χ4v) is 6.28. The average molecular weight is 531 g/mol. The minimum Gasteiger partial charge on any atom is -0.497 e. The molecular weight excluding hydrogens is 504 g/mol. The van der Waals surface area contributed by atoms with Gasteiger partial charge in [-0.3, -0.25) is 4.79 Å². The lowest BCUT2D eigenvalue weighted by atomic mass is 9.67. The van der Waals surface area contributed by atoms with Crippen molar-refractivity contribution < 1.29 is 9.53 Å². The molecule has 0 aliphatic carbocycles. The van der Waals surface area contributed by atoms with E-state index in [0.29, 0.717) is 6.42 Å². The third kappa shape index (κ3) is 3.44. The molecule has 35 heavy (non-hydrogen) atoms. The first kappa shape index (κ1) is 22.2. The van der Waals surface area contributed by atoms with E-state index in [9.17, 15) is 4.79 Å². The number of piperazine rings is 1. The molecule has 0 aromatic heterocycles. The summed E-state index contributed by atoms with van der Waals surface area (Å²) in [4.78, 5) is 19.1. The van der Waals surface area contributed by atoms with Gasteiger partial charge in [-0.25, -0.2) is 0 Å². The van der Waals surface area contributed by atoms with Crippen molar-refractivity contribution in [2.24, 2.45) is 10.5 Å². The van der Waals surface area contributed by atoms with Gasteiger partial charge in [0, 0.05) is 35.5 Å². The van der Waals surface area contributed by atoms with Gasteiger partial charge in [0.15, 0.2) is 0 Å². The summed E-state index contributed by atoms with van der Waals surface area (Å²) in [5, 5.41) is 6.46. The Kier molecular flexibility index (Phi) is 5.33. The number of fused-ring (bicyclic) bond motifs is 4. The van der Waals surface area contributed by atoms with Gasteiger partial charge in [-0.15, -0.1) is 0 Å². The zero-order valence-electron chi connectivity index (χ0n) is 19.8. The summed E-state index contributed by atoms with van der Waals surface area (Å²) >= 11 is 3.64. The molecule has 1 spiro atoms. The van der Waals surface area contributed by atoms with E-state index >= 15 is 0 Å². The minimum atomic E-state index is -0.727. The highest BCUT2D eigenvalue weighted by Crippen LogP contribution is 2.49. The van der Waals surface area contributed by atoms with E-state index in [1.165, 1.54) is 11.3 Å². The summed E-state index contributed by atoms with van der Waals surface area (Å²) in [6, 6.07) is 24.4. The number of benzene rings is 3. The summed E-state index contributed by atoms with van der Waals surface area (Å²) in [7, 11) is 1.68. The predicted octanol–water partition coefficient (Wildman–Crippen LogP) is 5.12. The van der Waals surface area contributed by atoms with Gasteiger partial charge in [0.2, 0.25) is 0 Å². The molecule has 0 unspecified atom stereocenters. The van der Waals surface area contributed by atoms with Crippen LogP contribution in [0.3, 0.4) is 0 Å². The van der Waals surface area contributed by atoms with Crippen LogP contribution in [-0.4, -0.2) is 44.4 Å². The maximum Gasteiger partial charge on any atom is 0.261 e. The van der Waals surface area contributed by atoms with Crippen LogP contribution >= 0.6 is 15.9 Å². The topological polar surface area (TPSA) is 48.4 Å². The Bertz CT molecular complexity index is 1310. The summed E-state index contributed by atoms with van der Waals surface area (Å²) in [6.07, 6.45) is 0.636. The number of rotatable bonds is 3. The van der Waals surface area contributed by atoms with Gasteiger partial charge < -0.3 is 14.5 Å². The van der Waals surface area contributed by atoms with Crippen molar-refractivity contribution in [2.75, 3.05) is 41.6 Å². The molecule has 3 aliphatic heterocycles. The van der Waals surface area contributed by atoms with E-state index in [1.807, 2.05) is 49.4 Å². The molecular formula is C28H27BrN4O2. The Hall–Kier alpha value is -3.32. The number of methoxy groups -OCH3 is 1. The number of hydrogen-bond acceptors (Lipinski definition) is 5. The lowest BCUT2D eigenvalue weighted by Gasteiger charge is -2.53. The van der Waals surface area contributed by atoms with Crippen molar-refractivity contribution in [3.8, 4) is 5.75 Å². The number of ether oxygens (including phenoxy) is 1. The van der Waals surface area contributed by atoms with E-state index in [0.717, 1.165) is 46.9 Å². The molecule has 2 atom stereocenters. The number of para-hydroxylation sites is 1. The van der Waals surface area contributed by atoms with E-state index in [2.05, 4.69) is 56.1 Å². The lowest BCUT2D eigenvalue weighted by Crippen LogP contribution is -2.67. The monoisotopic (exact) mass is 530 g/mol. The second-order valence-electron chi connectivity index (χ2n) is 9.41. The smallest absolute Gasteiger partial charge is 0.261 e. The van der Waals surface area contributed by atoms with Gasteiger partial charge in [0.05, 0.1) is 24.6 Å². The largest absolute Gasteiger partial charge is 0.497 e. The number of carbonyl (C=O) groups excluding carboxylic acids is 1. The number of carbonyl (C=O) groups is 1. The van der Waals surface area contributed by atoms with Crippen molar-refractivity contribution in [1.29, 1.82) is 0 Å². The fraction of sp³-hybridized carbons (Fsp3) is 0.286. The molecule has 178 valence electrons. The highest BCUT2D eigenvalue weighted by molar-refractivity contribution is 9.10. The van der Waals surface area contributed by atoms with Crippen LogP contribution in [0.4, 0.5) is 17.1 Å². The van der Waals surface area contributed by atoms with Crippen LogP contribution in [0.25, 0.3) is 0 Å². The quantitative estimate of drug-likeness (QED) is 0.471. The molecule has 3 aromatic carbocycles. The normalized spacial score (nSPS) is 23.3. The van der Waals surface area contributed by atoms with Crippen molar-refractivity contribution in [2.45, 2.75) is 19.4 Å². The van der Waals surface area contributed by atoms with Crippen LogP contribution in [-0.2, 0) is 11.2 Å². The zero-order chi connectivity index (χ0) is 24.2. The van der Waals surface area contributed by atoms with E-state index < -0.39 is 5.41 Å². The number of hydrazone groups is 1. The SMILES string of the molecule is COc1ccc(N2CCN3c4ccc(Br)cc4C[C@]4(C(=O)N(c5ccccc5)N=C4C)[C@H]3C2)cc1. The molecule has 3 aliphatic rings. The summed E-state index contributed by atoms with van der Waals surface area (Å²) in [5.41, 5.74) is 4.51. The summed E-state index contributed by atoms with van der Waals surface area (Å²) in [5.74, 6) is 0.895. The van der Waals surface area contributed by atoms with Gasteiger partial charge in [0.25, 0.3) is 5.91 Å². The van der Waals surface area contributed by atoms with Crippen LogP contribution in [0.5, 0.6) is 5.75 Å². The highest BCUT2D eigenvalue weighted by atomic mass is 79.9. The molecule has 3 aromatic rings. The van der Waals surface area contributed by atoms with E-state index in [1.54, 1.807) is 12.1 Å². The Balaban J connectivity index is 1.44. The maximum absolute atomic E-state index is 14.3. The molecule has 6 rings (SSSR count). The Morgan fingerprint density at radius 1 is 1.00 bits per heavy atom. The molecule has 1 fully saturated rings. The standard InChI is InChI=1S/C28H27BrN4O2/c1-19-28(27(34)33(30-19)23-6-4-3-5-7-23)17-20-16-21(29)8-13-25(20)32-15-14-31(18-26(28)32)22-9-11-24(35-2)12-10-22/h3-13,16,26H,14-15,17-18H2,1-2H3/t26-,28-/m1/s1. The number of halogens is 1. The van der Waals surface area contributed by atoms with Crippen molar-refractivity contribution in [1.82, 2.24) is 0 Å². The first-order valence-electron chi connectivity index (χ1n) is 11.9. The molecule has 0 bridgehead atoms. The summed E-state index contributed by atoms with van der Waals surface area (Å²) in [6.45, 7) is 4.47. The minimum absolute atomic E-state index is 0.0306. The van der Waals surface area contributed by atoms with Gasteiger partial charge in [-0.2, -0.15) is 10.1 Å². The Morgan fingerprint density at radius 3 is 2.51 bits per heavy atom. The molecule has 7 heteroatoms. The van der Waals surface area contributed by atoms with Crippen LogP contribution in [0.2, 0.25) is 0 Å². The van der Waals surface area contributed by atoms with Crippen molar-refractivity contribution >= 4 is 44.6 Å². The second kappa shape index (κ2) is 8.41. The van der Waals surface area contributed by atoms with Crippen LogP contribution in [0.15, 0.2) is 82.4 Å². The second-order valence-corrected chi connectivity index (χ2v) is 10.3. The molecule has 3 heterocycles. The van der Waals surface area contributed by atoms with E-state index in [-0.39, 0.29) is 11.9 Å². The fourth-order valence-electron chi connectivity index (χ4n) is 5.87. The number of anilines is 3. The highest BCUT2D eigenvalue weighted by Gasteiger charge is 2.60. The number of amides is 1. The van der Waals surface area contributed by atoms with Gasteiger partial charge >= 0.3 is 0 Å². The third-order valence-electron chi connectivity index (χ3n) is 7.68. The first-order chi connectivity index (χ1) is 17.0. The molecule has 0 saturated carbocycles. The number of hydrogen-bond donors (Lipinski definition) is 0. The first-order valence-corrected chi connectivity index (χ1v) is 12.7. The Labute approximate surface area is 213 Å². The number of nitrogens with zero attached hydrogens (tertiary/aromatic N) is 4. The van der Waals surface area contributed by atoms with Crippen LogP contribution in [0.1, 0.15) is 12.5 Å². The van der Waals surface area contributed by atoms with Crippen LogP contribution in [0, 0.1) is 5.41 Å². The third-order valence-corrected chi connectivity index (χ3v) is 8.17. The van der Waals surface area contributed by atoms with Gasteiger partial charge in [-0.05, 0) is 73.5 Å². The molecule has 0 N–H and O–H groups in total. The zero-order valence-corrected chi connectivity index (χ0v) is 21.4. The Morgan fingerprint density at radius 2 is 1.77 bits per heavy atom. The molecule has 1 saturated heterocycles. The van der Waals surface area contributed by atoms with Crippen molar-refractivity contribution in [3.05, 3.63) is 82.8 Å². The molecule has 0 radical (unpaired) electrons. The predicted molar refractivity (Wildman–Crippen MR) is 144 cm³/mol. The van der Waals surface area contributed by atoms with Crippen molar-refractivity contribution in [3.63, 3.8) is 0 Å². The molecule has 1 amide bonds. The van der Waals surface area contributed by atoms with Gasteiger partial charge in [-0.1, -0.05) is 34.1 Å². The van der Waals surface area contributed by atoms with Gasteiger partial charge in [0.1, 0.15) is 11.2 Å². The lowest BCUT2D eigenvalue weighted by molar-refractivity contribution is -0.125. The molecule has 6 nitrogen and oxygen atoms in total. The summed E-state index contributed by atoms with van der Waals surface area (Å²) < 4.78 is 6.38. The average Bonchev–Trinajstić information content (AvgIpc) is 3.14.